The van der Waals surface area contributed by atoms with E-state index in [1.165, 1.54) is 4.90 Å². The van der Waals surface area contributed by atoms with Gasteiger partial charge in [0.05, 0.1) is 22.2 Å². The Morgan fingerprint density at radius 3 is 2.63 bits per heavy atom. The number of carbonyl (C=O) groups is 3. The lowest BCUT2D eigenvalue weighted by atomic mass is 9.84. The molecule has 1 fully saturated rings. The Hall–Kier alpha value is -3.36. The van der Waals surface area contributed by atoms with Gasteiger partial charge < -0.3 is 15.3 Å². The molecule has 0 saturated carbocycles. The second-order valence-electron chi connectivity index (χ2n) is 10.3. The van der Waals surface area contributed by atoms with Gasteiger partial charge in [-0.3, -0.25) is 14.4 Å². The number of ketones is 1. The molecule has 2 heterocycles. The zero-order valence-corrected chi connectivity index (χ0v) is 22.5. The molecule has 0 spiro atoms. The summed E-state index contributed by atoms with van der Waals surface area (Å²) >= 11 is 1.59. The lowest BCUT2D eigenvalue weighted by molar-refractivity contribution is -0.143. The van der Waals surface area contributed by atoms with Crippen LogP contribution in [0, 0.1) is 18.8 Å². The Labute approximate surface area is 226 Å². The van der Waals surface area contributed by atoms with Crippen molar-refractivity contribution in [2.75, 3.05) is 6.54 Å². The molecule has 1 saturated heterocycles. The minimum absolute atomic E-state index is 0.00474. The van der Waals surface area contributed by atoms with Crippen molar-refractivity contribution in [1.29, 1.82) is 0 Å². The van der Waals surface area contributed by atoms with Crippen LogP contribution < -0.4 is 5.32 Å². The van der Waals surface area contributed by atoms with E-state index in [4.69, 9.17) is 0 Å². The quantitative estimate of drug-likeness (QED) is 0.455. The maximum atomic E-state index is 13.8. The second kappa shape index (κ2) is 11.2. The molecule has 198 valence electrons. The first-order valence-corrected chi connectivity index (χ1v) is 14.1. The topological polar surface area (TPSA) is 99.6 Å². The number of likely N-dealkylation sites (tertiary alicyclic amines) is 1. The predicted molar refractivity (Wildman–Crippen MR) is 147 cm³/mol. The largest absolute Gasteiger partial charge is 0.391 e. The number of hydrogen-bond acceptors (Lipinski definition) is 6. The fraction of sp³-hybridized carbons (Fsp3) is 0.400. The third-order valence-electron chi connectivity index (χ3n) is 7.76. The van der Waals surface area contributed by atoms with Gasteiger partial charge in [-0.05, 0) is 36.5 Å². The number of aryl methyl sites for hydroxylation is 1. The summed E-state index contributed by atoms with van der Waals surface area (Å²) in [5.41, 5.74) is 6.52. The standard InChI is InChI=1S/C30H33N3O4S/c1-3-6-24(25-13-21-7-4-5-8-23(21)27(25)35)30(37)33-16-22(34)14-26(33)29(36)31-15-19-9-11-20(12-10-19)28-18(2)32-17-38-28/h4-5,7-12,17,22,24-26,34H,3,6,13-16H2,1-2H3,(H,31,36)/t22-,24-,25?,26+/m1/s1. The van der Waals surface area contributed by atoms with E-state index >= 15 is 0 Å². The maximum Gasteiger partial charge on any atom is 0.243 e. The molecule has 38 heavy (non-hydrogen) atoms. The first kappa shape index (κ1) is 26.3. The summed E-state index contributed by atoms with van der Waals surface area (Å²) in [5, 5.41) is 13.4. The summed E-state index contributed by atoms with van der Waals surface area (Å²) in [6.07, 6.45) is 1.28. The SMILES string of the molecule is CCC[C@@H](C(=O)N1C[C@H](O)C[C@H]1C(=O)NCc1ccc(-c2scnc2C)cc1)C1Cc2ccccc2C1=O. The Bertz CT molecular complexity index is 1340. The summed E-state index contributed by atoms with van der Waals surface area (Å²) in [6, 6.07) is 14.8. The Balaban J connectivity index is 1.26. The molecule has 7 nitrogen and oxygen atoms in total. The van der Waals surface area contributed by atoms with Crippen LogP contribution in [0.1, 0.15) is 53.4 Å². The lowest BCUT2D eigenvalue weighted by Gasteiger charge is -2.30. The van der Waals surface area contributed by atoms with E-state index in [2.05, 4.69) is 10.3 Å². The molecule has 1 aliphatic heterocycles. The van der Waals surface area contributed by atoms with Gasteiger partial charge in [0, 0.05) is 36.9 Å². The van der Waals surface area contributed by atoms with Crippen LogP contribution >= 0.6 is 11.3 Å². The van der Waals surface area contributed by atoms with Crippen LogP contribution in [0.25, 0.3) is 10.4 Å². The Morgan fingerprint density at radius 1 is 1.18 bits per heavy atom. The molecule has 3 aromatic rings. The Morgan fingerprint density at radius 2 is 1.95 bits per heavy atom. The number of benzene rings is 2. The van der Waals surface area contributed by atoms with Crippen LogP contribution in [0.2, 0.25) is 0 Å². The van der Waals surface area contributed by atoms with Crippen molar-refractivity contribution in [3.63, 3.8) is 0 Å². The monoisotopic (exact) mass is 531 g/mol. The molecule has 2 N–H and O–H groups in total. The summed E-state index contributed by atoms with van der Waals surface area (Å²) < 4.78 is 0. The summed E-state index contributed by atoms with van der Waals surface area (Å²) in [4.78, 5) is 47.2. The Kier molecular flexibility index (Phi) is 7.72. The number of aliphatic hydroxyl groups excluding tert-OH is 1. The number of nitrogens with one attached hydrogen (secondary N) is 1. The van der Waals surface area contributed by atoms with E-state index in [0.717, 1.165) is 33.7 Å². The van der Waals surface area contributed by atoms with Crippen molar-refractivity contribution < 1.29 is 19.5 Å². The van der Waals surface area contributed by atoms with Crippen molar-refractivity contribution in [3.05, 3.63) is 76.4 Å². The predicted octanol–water partition coefficient (Wildman–Crippen LogP) is 4.17. The second-order valence-corrected chi connectivity index (χ2v) is 11.2. The van der Waals surface area contributed by atoms with E-state index < -0.39 is 24.0 Å². The lowest BCUT2D eigenvalue weighted by Crippen LogP contribution is -2.49. The van der Waals surface area contributed by atoms with E-state index in [9.17, 15) is 19.5 Å². The highest BCUT2D eigenvalue weighted by Gasteiger charge is 2.45. The van der Waals surface area contributed by atoms with E-state index in [0.29, 0.717) is 24.9 Å². The fourth-order valence-electron chi connectivity index (χ4n) is 5.78. The minimum Gasteiger partial charge on any atom is -0.391 e. The van der Waals surface area contributed by atoms with Crippen molar-refractivity contribution in [3.8, 4) is 10.4 Å². The molecule has 0 radical (unpaired) electrons. The van der Waals surface area contributed by atoms with Crippen molar-refractivity contribution >= 4 is 28.9 Å². The van der Waals surface area contributed by atoms with Gasteiger partial charge in [-0.2, -0.15) is 0 Å². The number of aromatic nitrogens is 1. The third kappa shape index (κ3) is 5.15. The molecule has 5 rings (SSSR count). The van der Waals surface area contributed by atoms with Crippen LogP contribution in [0.15, 0.2) is 54.0 Å². The van der Waals surface area contributed by atoms with Crippen molar-refractivity contribution in [2.24, 2.45) is 11.8 Å². The van der Waals surface area contributed by atoms with Gasteiger partial charge in [-0.15, -0.1) is 11.3 Å². The van der Waals surface area contributed by atoms with Crippen molar-refractivity contribution in [1.82, 2.24) is 15.2 Å². The average molecular weight is 532 g/mol. The number of rotatable bonds is 8. The van der Waals surface area contributed by atoms with Gasteiger partial charge in [-0.25, -0.2) is 4.98 Å². The number of Topliss-reactive ketones (excluding diaryl/α,β-unsaturated/α-hetero) is 1. The number of amides is 2. The molecule has 1 aliphatic carbocycles. The maximum absolute atomic E-state index is 13.8. The number of carbonyl (C=O) groups excluding carboxylic acids is 3. The van der Waals surface area contributed by atoms with E-state index in [1.54, 1.807) is 11.3 Å². The van der Waals surface area contributed by atoms with Gasteiger partial charge in [-0.1, -0.05) is 61.9 Å². The average Bonchev–Trinajstić information content (AvgIpc) is 3.63. The van der Waals surface area contributed by atoms with Gasteiger partial charge in [0.1, 0.15) is 6.04 Å². The molecule has 2 amide bonds. The molecule has 2 aliphatic rings. The summed E-state index contributed by atoms with van der Waals surface area (Å²) in [7, 11) is 0. The summed E-state index contributed by atoms with van der Waals surface area (Å²) in [5.74, 6) is -1.43. The fourth-order valence-corrected chi connectivity index (χ4v) is 6.59. The number of hydrogen-bond donors (Lipinski definition) is 2. The highest BCUT2D eigenvalue weighted by molar-refractivity contribution is 7.13. The van der Waals surface area contributed by atoms with Crippen LogP contribution in [0.4, 0.5) is 0 Å². The number of β-amino-alcohol motifs (C(OH)–C–C–N with tert-alkyl or cyclic N) is 1. The molecular weight excluding hydrogens is 498 g/mol. The highest BCUT2D eigenvalue weighted by atomic mass is 32.1. The molecule has 1 aromatic heterocycles. The minimum atomic E-state index is -0.768. The zero-order valence-electron chi connectivity index (χ0n) is 21.7. The van der Waals surface area contributed by atoms with Gasteiger partial charge in [0.2, 0.25) is 11.8 Å². The molecule has 8 heteroatoms. The molecule has 0 bridgehead atoms. The smallest absolute Gasteiger partial charge is 0.243 e. The van der Waals surface area contributed by atoms with E-state index in [1.807, 2.05) is 67.9 Å². The van der Waals surface area contributed by atoms with Crippen molar-refractivity contribution in [2.45, 2.75) is 58.2 Å². The third-order valence-corrected chi connectivity index (χ3v) is 8.73. The number of fused-ring (bicyclic) bond motifs is 1. The number of thiazole rings is 1. The van der Waals surface area contributed by atoms with Crippen LogP contribution in [-0.2, 0) is 22.6 Å². The molecule has 2 aromatic carbocycles. The molecular formula is C30H33N3O4S. The molecule has 1 unspecified atom stereocenters. The number of nitrogens with zero attached hydrogens (tertiary/aromatic N) is 2. The van der Waals surface area contributed by atoms with Crippen LogP contribution in [0.3, 0.4) is 0 Å². The normalized spacial score (nSPS) is 21.4. The summed E-state index contributed by atoms with van der Waals surface area (Å²) in [6.45, 7) is 4.41. The van der Waals surface area contributed by atoms with Gasteiger partial charge in [0.25, 0.3) is 0 Å². The molecule has 4 atom stereocenters. The zero-order chi connectivity index (χ0) is 26.8. The highest BCUT2D eigenvalue weighted by Crippen LogP contribution is 2.36. The van der Waals surface area contributed by atoms with Crippen LogP contribution in [-0.4, -0.2) is 51.3 Å². The van der Waals surface area contributed by atoms with Crippen LogP contribution in [0.5, 0.6) is 0 Å². The van der Waals surface area contributed by atoms with Gasteiger partial charge >= 0.3 is 0 Å². The van der Waals surface area contributed by atoms with E-state index in [-0.39, 0.29) is 30.6 Å². The first-order chi connectivity index (χ1) is 18.4. The first-order valence-electron chi connectivity index (χ1n) is 13.2. The number of aliphatic hydroxyl groups is 1. The van der Waals surface area contributed by atoms with Gasteiger partial charge in [0.15, 0.2) is 5.78 Å².